The van der Waals surface area contributed by atoms with Gasteiger partial charge in [0.15, 0.2) is 17.6 Å². The molecule has 4 heterocycles. The number of fused-ring (bicyclic) bond motifs is 3. The van der Waals surface area contributed by atoms with Crippen LogP contribution in [0, 0.1) is 0 Å². The second-order valence-corrected chi connectivity index (χ2v) is 7.82. The maximum atomic E-state index is 13.0. The van der Waals surface area contributed by atoms with Crippen LogP contribution in [0.3, 0.4) is 0 Å². The molecule has 0 spiro atoms. The van der Waals surface area contributed by atoms with Gasteiger partial charge in [-0.2, -0.15) is 28.5 Å². The molecule has 1 aliphatic heterocycles. The zero-order valence-electron chi connectivity index (χ0n) is 17.2. The fourth-order valence-electron chi connectivity index (χ4n) is 4.18. The van der Waals surface area contributed by atoms with E-state index in [1.54, 1.807) is 17.1 Å². The van der Waals surface area contributed by atoms with E-state index in [-0.39, 0.29) is 6.10 Å². The third-order valence-corrected chi connectivity index (χ3v) is 5.70. The van der Waals surface area contributed by atoms with Crippen molar-refractivity contribution < 1.29 is 18.0 Å². The van der Waals surface area contributed by atoms with Gasteiger partial charge >= 0.3 is 6.18 Å². The Balaban J connectivity index is 1.43. The molecule has 33 heavy (non-hydrogen) atoms. The first-order valence-corrected chi connectivity index (χ1v) is 10.1. The first kappa shape index (κ1) is 19.5. The largest absolute Gasteiger partial charge is 0.416 e. The van der Waals surface area contributed by atoms with Crippen molar-refractivity contribution in [3.8, 4) is 5.69 Å². The molecule has 0 bridgehead atoms. The van der Waals surface area contributed by atoms with Crippen molar-refractivity contribution >= 4 is 27.8 Å². The Hall–Kier alpha value is -4.15. The number of hydrogen-bond acceptors (Lipinski definition) is 5. The van der Waals surface area contributed by atoms with Gasteiger partial charge in [0.05, 0.1) is 29.9 Å². The maximum Gasteiger partial charge on any atom is 0.416 e. The molecule has 3 aromatic heterocycles. The fourth-order valence-corrected chi connectivity index (χ4v) is 4.18. The minimum atomic E-state index is -4.39. The van der Waals surface area contributed by atoms with Gasteiger partial charge in [-0.15, -0.1) is 4.80 Å². The van der Waals surface area contributed by atoms with Gasteiger partial charge in [-0.25, -0.2) is 0 Å². The van der Waals surface area contributed by atoms with E-state index in [0.717, 1.165) is 34.0 Å². The second kappa shape index (κ2) is 6.92. The Labute approximate surface area is 184 Å². The highest BCUT2D eigenvalue weighted by Gasteiger charge is 2.30. The van der Waals surface area contributed by atoms with Gasteiger partial charge < -0.3 is 4.84 Å². The summed E-state index contributed by atoms with van der Waals surface area (Å²) in [5, 5.41) is 18.6. The highest BCUT2D eigenvalue weighted by atomic mass is 19.4. The summed E-state index contributed by atoms with van der Waals surface area (Å²) in [6.07, 6.45) is 0.871. The number of aryl methyl sites for hydroxylation is 1. The minimum absolute atomic E-state index is 0.295. The summed E-state index contributed by atoms with van der Waals surface area (Å²) in [6.45, 7) is 0. The summed E-state index contributed by atoms with van der Waals surface area (Å²) < 4.78 is 42.6. The van der Waals surface area contributed by atoms with Crippen LogP contribution in [-0.2, 0) is 18.1 Å². The predicted molar refractivity (Wildman–Crippen MR) is 114 cm³/mol. The van der Waals surface area contributed by atoms with Crippen molar-refractivity contribution in [1.29, 1.82) is 0 Å². The van der Waals surface area contributed by atoms with Crippen LogP contribution >= 0.6 is 0 Å². The first-order chi connectivity index (χ1) is 15.9. The zero-order valence-corrected chi connectivity index (χ0v) is 17.2. The molecule has 1 aliphatic rings. The molecule has 0 amide bonds. The van der Waals surface area contributed by atoms with Gasteiger partial charge in [0.1, 0.15) is 0 Å². The summed E-state index contributed by atoms with van der Waals surface area (Å²) >= 11 is 0. The number of oxime groups is 1. The van der Waals surface area contributed by atoms with Gasteiger partial charge in [0.2, 0.25) is 0 Å². The molecule has 2 aromatic carbocycles. The zero-order chi connectivity index (χ0) is 22.7. The number of nitrogens with zero attached hydrogens (tertiary/aromatic N) is 7. The lowest BCUT2D eigenvalue weighted by atomic mass is 10.0. The predicted octanol–water partition coefficient (Wildman–Crippen LogP) is 4.45. The molecule has 0 aliphatic carbocycles. The monoisotopic (exact) mass is 451 g/mol. The molecule has 11 heteroatoms. The third-order valence-electron chi connectivity index (χ3n) is 5.70. The molecule has 0 N–H and O–H groups in total. The average Bonchev–Trinajstić information content (AvgIpc) is 3.57. The maximum absolute atomic E-state index is 13.0. The van der Waals surface area contributed by atoms with E-state index in [0.29, 0.717) is 23.6 Å². The standard InChI is InChI=1S/C22H16F3N7O/c1-30-12-17-16-10-13(19-11-20(29-33-19)32-26-8-9-27-32)2-7-18(16)31(21(17)28-30)15-5-3-14(4-6-15)22(23,24)25/h2-10,12,19H,11H2,1H3. The van der Waals surface area contributed by atoms with Crippen molar-refractivity contribution in [2.75, 3.05) is 0 Å². The fraction of sp³-hybridized carbons (Fsp3) is 0.182. The quantitative estimate of drug-likeness (QED) is 0.398. The summed E-state index contributed by atoms with van der Waals surface area (Å²) in [6, 6.07) is 11.0. The van der Waals surface area contributed by atoms with Crippen molar-refractivity contribution in [2.24, 2.45) is 12.2 Å². The topological polar surface area (TPSA) is 75.1 Å². The number of benzene rings is 2. The van der Waals surface area contributed by atoms with Gasteiger partial charge in [-0.1, -0.05) is 11.2 Å². The van der Waals surface area contributed by atoms with Gasteiger partial charge in [-0.05, 0) is 42.0 Å². The van der Waals surface area contributed by atoms with E-state index >= 15 is 0 Å². The molecular weight excluding hydrogens is 435 g/mol. The van der Waals surface area contributed by atoms with Crippen LogP contribution in [0.2, 0.25) is 0 Å². The number of rotatable bonds is 2. The van der Waals surface area contributed by atoms with Gasteiger partial charge in [0, 0.05) is 29.7 Å². The lowest BCUT2D eigenvalue weighted by molar-refractivity contribution is -0.137. The van der Waals surface area contributed by atoms with Crippen LogP contribution < -0.4 is 0 Å². The average molecular weight is 451 g/mol. The van der Waals surface area contributed by atoms with Crippen LogP contribution in [0.5, 0.6) is 0 Å². The second-order valence-electron chi connectivity index (χ2n) is 7.82. The lowest BCUT2D eigenvalue weighted by Gasteiger charge is -2.11. The van der Waals surface area contributed by atoms with E-state index < -0.39 is 11.7 Å². The van der Waals surface area contributed by atoms with Gasteiger partial charge in [0.25, 0.3) is 0 Å². The molecule has 1 atom stereocenters. The van der Waals surface area contributed by atoms with E-state index in [1.165, 1.54) is 16.9 Å². The van der Waals surface area contributed by atoms with Crippen LogP contribution in [-0.4, -0.2) is 35.2 Å². The Morgan fingerprint density at radius 2 is 1.76 bits per heavy atom. The number of halogens is 3. The van der Waals surface area contributed by atoms with E-state index in [9.17, 15) is 13.2 Å². The summed E-state index contributed by atoms with van der Waals surface area (Å²) in [5.74, 6) is 0.610. The SMILES string of the molecule is Cn1cc2c3cc(C4CC(n5nccn5)=NO4)ccc3n(-c3ccc(C(F)(F)F)cc3)c2n1. The molecule has 8 nitrogen and oxygen atoms in total. The summed E-state index contributed by atoms with van der Waals surface area (Å²) in [4.78, 5) is 7.06. The molecule has 5 aromatic rings. The Bertz CT molecular complexity index is 1510. The summed E-state index contributed by atoms with van der Waals surface area (Å²) in [5.41, 5.74) is 2.33. The normalized spacial score (nSPS) is 16.5. The molecule has 0 fully saturated rings. The lowest BCUT2D eigenvalue weighted by Crippen LogP contribution is -2.13. The Kier molecular flexibility index (Phi) is 4.10. The summed E-state index contributed by atoms with van der Waals surface area (Å²) in [7, 11) is 1.81. The van der Waals surface area contributed by atoms with E-state index in [2.05, 4.69) is 20.5 Å². The first-order valence-electron chi connectivity index (χ1n) is 10.1. The van der Waals surface area contributed by atoms with Crippen LogP contribution in [0.1, 0.15) is 23.7 Å². The minimum Gasteiger partial charge on any atom is -0.386 e. The number of aromatic nitrogens is 6. The number of hydrogen-bond donors (Lipinski definition) is 0. The van der Waals surface area contributed by atoms with Gasteiger partial charge in [-0.3, -0.25) is 9.25 Å². The number of alkyl halides is 3. The van der Waals surface area contributed by atoms with Crippen molar-refractivity contribution in [2.45, 2.75) is 18.7 Å². The molecular formula is C22H16F3N7O. The van der Waals surface area contributed by atoms with Crippen molar-refractivity contribution in [1.82, 2.24) is 29.3 Å². The van der Waals surface area contributed by atoms with Crippen molar-refractivity contribution in [3.63, 3.8) is 0 Å². The molecule has 0 radical (unpaired) electrons. The van der Waals surface area contributed by atoms with Crippen molar-refractivity contribution in [3.05, 3.63) is 72.2 Å². The van der Waals surface area contributed by atoms with E-state index in [4.69, 9.17) is 4.84 Å². The molecule has 166 valence electrons. The van der Waals surface area contributed by atoms with Crippen LogP contribution in [0.15, 0.2) is 66.2 Å². The molecule has 6 rings (SSSR count). The molecule has 0 saturated heterocycles. The van der Waals surface area contributed by atoms with E-state index in [1.807, 2.05) is 36.0 Å². The Morgan fingerprint density at radius 1 is 1.00 bits per heavy atom. The highest BCUT2D eigenvalue weighted by Crippen LogP contribution is 2.36. The highest BCUT2D eigenvalue weighted by molar-refractivity contribution is 6.08. The third kappa shape index (κ3) is 3.15. The van der Waals surface area contributed by atoms with Crippen LogP contribution in [0.4, 0.5) is 13.2 Å². The smallest absolute Gasteiger partial charge is 0.386 e. The Morgan fingerprint density at radius 3 is 2.48 bits per heavy atom. The molecule has 1 unspecified atom stereocenters. The molecule has 0 saturated carbocycles. The van der Waals surface area contributed by atoms with Crippen LogP contribution in [0.25, 0.3) is 27.6 Å².